The monoisotopic (exact) mass is 1230 g/mol. The van der Waals surface area contributed by atoms with Gasteiger partial charge in [-0.1, -0.05) is 256 Å². The molecule has 6 atom stereocenters. The number of ether oxygens (including phenoxy) is 1. The minimum absolute atomic E-state index is 0.0322. The van der Waals surface area contributed by atoms with Crippen molar-refractivity contribution in [2.24, 2.45) is 61.6 Å². The minimum atomic E-state index is -0.546. The van der Waals surface area contributed by atoms with E-state index < -0.39 is 11.9 Å². The topological polar surface area (TPSA) is 262 Å². The number of aliphatic imine (C=N–C) groups is 1. The Balaban J connectivity index is -0.00000150. The number of aliphatic hydroxyl groups excluding tert-OH is 2. The molecule has 15 nitrogen and oxygen atoms in total. The molecule has 0 aromatic heterocycles. The van der Waals surface area contributed by atoms with Crippen molar-refractivity contribution >= 4 is 37.6 Å². The Bertz CT molecular complexity index is 1730. The first-order chi connectivity index (χ1) is 41.5. The van der Waals surface area contributed by atoms with Crippen LogP contribution in [-0.2, 0) is 19.1 Å². The Hall–Kier alpha value is -3.56. The second kappa shape index (κ2) is 56.4. The first-order valence-corrected chi connectivity index (χ1v) is 35.3. The molecule has 0 bridgehead atoms. The van der Waals surface area contributed by atoms with E-state index in [9.17, 15) is 24.6 Å². The molecule has 2 rings (SSSR count). The van der Waals surface area contributed by atoms with E-state index in [0.717, 1.165) is 37.9 Å². The lowest BCUT2D eigenvalue weighted by molar-refractivity contribution is -0.116. The number of urea groups is 1. The summed E-state index contributed by atoms with van der Waals surface area (Å²) in [4.78, 5) is 58.3. The molecule has 0 spiro atoms. The number of aliphatic hydroxyl groups is 2. The maximum atomic E-state index is 13.1. The zero-order chi connectivity index (χ0) is 66.3. The van der Waals surface area contributed by atoms with Crippen LogP contribution in [-0.4, -0.2) is 86.7 Å². The lowest BCUT2D eigenvalue weighted by atomic mass is 9.61. The summed E-state index contributed by atoms with van der Waals surface area (Å²) in [6, 6.07) is -0.603. The molecule has 5 amide bonds. The van der Waals surface area contributed by atoms with Gasteiger partial charge >= 0.3 is 12.1 Å². The second-order valence-electron chi connectivity index (χ2n) is 28.6. The normalized spacial score (nSPS) is 20.2. The van der Waals surface area contributed by atoms with E-state index in [-0.39, 0.29) is 41.3 Å². The molecular weight excluding hydrogens is 1090 g/mol. The van der Waals surface area contributed by atoms with Crippen LogP contribution in [0.2, 0.25) is 0 Å². The molecule has 6 unspecified atom stereocenters. The van der Waals surface area contributed by atoms with Crippen molar-refractivity contribution in [2.45, 2.75) is 340 Å². The SMILES string of the molecule is C=O.CC1CC(C)(C)CC(C)(CO)C1.CCCCCCCCCCC(CCCCCCCC)COC(=O)NC1CC(C)(C)CC(C)(CNC(=O)/N=C/NC(=O)/C(CCN)=C(/C)N)C1.CCCCCCCCCCC(CO)CCCCCCCC.NC=O. The van der Waals surface area contributed by atoms with Gasteiger partial charge in [0.05, 0.1) is 6.61 Å². The van der Waals surface area contributed by atoms with Gasteiger partial charge in [-0.2, -0.15) is 4.99 Å². The molecule has 2 fully saturated rings. The van der Waals surface area contributed by atoms with E-state index in [1.54, 1.807) is 6.92 Å². The van der Waals surface area contributed by atoms with Crippen LogP contribution >= 0.6 is 0 Å². The van der Waals surface area contributed by atoms with E-state index in [1.165, 1.54) is 212 Å². The van der Waals surface area contributed by atoms with Gasteiger partial charge in [-0.3, -0.25) is 9.59 Å². The number of allylic oxidation sites excluding steroid dienone is 1. The summed E-state index contributed by atoms with van der Waals surface area (Å²) < 4.78 is 5.88. The third-order valence-electron chi connectivity index (χ3n) is 17.6. The molecule has 0 heterocycles. The van der Waals surface area contributed by atoms with E-state index >= 15 is 0 Å². The predicted octanol–water partition coefficient (Wildman–Crippen LogP) is 17.3. The number of rotatable bonds is 43. The number of hydrogen-bond acceptors (Lipinski definition) is 10. The number of nitrogens with zero attached hydrogens (tertiary/aromatic N) is 1. The average molecular weight is 1230 g/mol. The first kappa shape index (κ1) is 87.6. The molecule has 2 aliphatic carbocycles. The third-order valence-corrected chi connectivity index (χ3v) is 17.6. The Kier molecular flexibility index (Phi) is 56.8. The number of nitrogens with two attached hydrogens (primary N) is 3. The highest BCUT2D eigenvalue weighted by atomic mass is 16.5. The van der Waals surface area contributed by atoms with E-state index in [2.05, 4.69) is 103 Å². The van der Waals surface area contributed by atoms with Gasteiger partial charge in [0.2, 0.25) is 6.41 Å². The summed E-state index contributed by atoms with van der Waals surface area (Å²) in [5.74, 6) is 1.33. The quantitative estimate of drug-likeness (QED) is 0.00941. The number of carbonyl (C=O) groups excluding carboxylic acids is 5. The lowest BCUT2D eigenvalue weighted by Crippen LogP contribution is -2.50. The van der Waals surface area contributed by atoms with E-state index in [0.29, 0.717) is 67.7 Å². The van der Waals surface area contributed by atoms with Gasteiger partial charge in [0, 0.05) is 37.1 Å². The van der Waals surface area contributed by atoms with Crippen LogP contribution in [0.5, 0.6) is 0 Å². The van der Waals surface area contributed by atoms with Gasteiger partial charge < -0.3 is 52.9 Å². The van der Waals surface area contributed by atoms with E-state index in [4.69, 9.17) is 25.8 Å². The molecular formula is C72H143N7O8. The van der Waals surface area contributed by atoms with Gasteiger partial charge in [-0.15, -0.1) is 0 Å². The van der Waals surface area contributed by atoms with Crippen molar-refractivity contribution in [3.63, 3.8) is 0 Å². The Morgan fingerprint density at radius 1 is 0.621 bits per heavy atom. The van der Waals surface area contributed by atoms with Crippen molar-refractivity contribution in [1.29, 1.82) is 0 Å². The molecule has 2 saturated carbocycles. The van der Waals surface area contributed by atoms with Crippen molar-refractivity contribution < 1.29 is 38.9 Å². The molecule has 2 aliphatic rings. The fourth-order valence-electron chi connectivity index (χ4n) is 14.0. The maximum absolute atomic E-state index is 13.1. The number of primary amides is 1. The summed E-state index contributed by atoms with van der Waals surface area (Å²) in [7, 11) is 0. The molecule has 11 N–H and O–H groups in total. The average Bonchev–Trinajstić information content (AvgIpc) is 2.25. The lowest BCUT2D eigenvalue weighted by Gasteiger charge is -2.46. The summed E-state index contributed by atoms with van der Waals surface area (Å²) in [6.45, 7) is 30.3. The number of hydrogen-bond donors (Lipinski definition) is 8. The van der Waals surface area contributed by atoms with E-state index in [1.807, 2.05) is 6.79 Å². The van der Waals surface area contributed by atoms with Gasteiger partial charge in [0.15, 0.2) is 0 Å². The molecule has 0 radical (unpaired) electrons. The number of carbonyl (C=O) groups is 5. The zero-order valence-electron chi connectivity index (χ0n) is 58.8. The highest BCUT2D eigenvalue weighted by molar-refractivity contribution is 6.01. The standard InChI is InChI=1S/C39H74N6O4.C20H42O.C11H22O.CH3NO.CH2O/c1-7-9-11-13-15-16-18-20-22-32(21-19-17-14-12-10-8-2)27-49-37(48)45-33-25-38(4,5)28-39(6,26-33)29-42-36(47)44-30-43-35(46)34(23-24-40)31(3)41;1-3-5-7-9-11-12-14-16-18-20(19-21)17-15-13-10-8-6-4-2;1-9-5-10(2,3)7-11(4,6-9)8-12;2-1-3;1-2/h30,32-33H,7-29,40-41H2,1-6H3,(H,45,48)(H2,42,43,44,46,47);20-21H,3-19H2,1-2H3;9,12H,5-8H2,1-4H3;1H,(H2,2,3);1H2/b34-31-;;;;. The number of amides is 5. The number of unbranched alkanes of at least 4 members (excludes halogenated alkanes) is 24. The van der Waals surface area contributed by atoms with Crippen LogP contribution in [0.1, 0.15) is 333 Å². The van der Waals surface area contributed by atoms with Gasteiger partial charge in [0.25, 0.3) is 5.91 Å². The maximum Gasteiger partial charge on any atom is 0.407 e. The number of alkyl carbamates (subject to hydrolysis) is 1. The minimum Gasteiger partial charge on any atom is -0.449 e. The largest absolute Gasteiger partial charge is 0.449 e. The first-order valence-electron chi connectivity index (χ1n) is 35.3. The van der Waals surface area contributed by atoms with Crippen LogP contribution in [0.4, 0.5) is 9.59 Å². The molecule has 15 heteroatoms. The Morgan fingerprint density at radius 3 is 1.39 bits per heavy atom. The Labute approximate surface area is 535 Å². The molecule has 0 aliphatic heterocycles. The summed E-state index contributed by atoms with van der Waals surface area (Å²) >= 11 is 0. The predicted molar refractivity (Wildman–Crippen MR) is 368 cm³/mol. The van der Waals surface area contributed by atoms with Crippen LogP contribution in [0.3, 0.4) is 0 Å². The van der Waals surface area contributed by atoms with Crippen LogP contribution in [0.25, 0.3) is 0 Å². The molecule has 0 aromatic rings. The zero-order valence-corrected chi connectivity index (χ0v) is 58.8. The van der Waals surface area contributed by atoms with Gasteiger partial charge in [0.1, 0.15) is 13.1 Å². The second-order valence-corrected chi connectivity index (χ2v) is 28.6. The van der Waals surface area contributed by atoms with Crippen LogP contribution in [0.15, 0.2) is 16.3 Å². The van der Waals surface area contributed by atoms with Crippen LogP contribution in [0, 0.1) is 39.4 Å². The number of nitrogens with one attached hydrogen (secondary N) is 3. The highest BCUT2D eigenvalue weighted by Crippen LogP contribution is 2.48. The highest BCUT2D eigenvalue weighted by Gasteiger charge is 2.42. The van der Waals surface area contributed by atoms with Crippen molar-refractivity contribution in [3.05, 3.63) is 11.3 Å². The molecule has 0 saturated heterocycles. The summed E-state index contributed by atoms with van der Waals surface area (Å²) in [5, 5.41) is 27.3. The Morgan fingerprint density at radius 2 is 1.01 bits per heavy atom. The molecule has 87 heavy (non-hydrogen) atoms. The van der Waals surface area contributed by atoms with Gasteiger partial charge in [-0.25, -0.2) is 9.59 Å². The van der Waals surface area contributed by atoms with Crippen molar-refractivity contribution in [3.8, 4) is 0 Å². The molecule has 0 aromatic carbocycles. The summed E-state index contributed by atoms with van der Waals surface area (Å²) in [5.41, 5.74) is 16.6. The third kappa shape index (κ3) is 51.8. The van der Waals surface area contributed by atoms with Crippen molar-refractivity contribution in [2.75, 3.05) is 32.9 Å². The summed E-state index contributed by atoms with van der Waals surface area (Å²) in [6.07, 6.45) is 49.6. The fourth-order valence-corrected chi connectivity index (χ4v) is 14.0. The van der Waals surface area contributed by atoms with Crippen LogP contribution < -0.4 is 33.2 Å². The fraction of sp³-hybridized carbons (Fsp3) is 0.889. The van der Waals surface area contributed by atoms with Gasteiger partial charge in [-0.05, 0) is 124 Å². The molecule has 514 valence electrons. The smallest absolute Gasteiger partial charge is 0.407 e. The van der Waals surface area contributed by atoms with Crippen molar-refractivity contribution in [1.82, 2.24) is 16.0 Å².